The second-order valence-electron chi connectivity index (χ2n) is 8.82. The molecular weight excluding hydrogens is 520 g/mol. The molecule has 1 fully saturated rings. The average Bonchev–Trinajstić information content (AvgIpc) is 3.39. The van der Waals surface area contributed by atoms with Gasteiger partial charge in [-0.1, -0.05) is 60.1 Å². The lowest BCUT2D eigenvalue weighted by molar-refractivity contribution is -0.140. The number of aromatic nitrogens is 2. The lowest BCUT2D eigenvalue weighted by Gasteiger charge is -2.27. The number of carbonyl (C=O) groups is 2. The first kappa shape index (κ1) is 25.9. The van der Waals surface area contributed by atoms with Crippen molar-refractivity contribution in [3.63, 3.8) is 0 Å². The molecule has 1 aliphatic rings. The number of rotatable bonds is 9. The maximum atomic E-state index is 13.3. The maximum absolute atomic E-state index is 13.3. The highest BCUT2D eigenvalue weighted by Gasteiger charge is 2.46. The molecule has 7 nitrogen and oxygen atoms in total. The molecule has 4 rings (SSSR count). The van der Waals surface area contributed by atoms with Gasteiger partial charge >= 0.3 is 0 Å². The Morgan fingerprint density at radius 3 is 2.47 bits per heavy atom. The van der Waals surface area contributed by atoms with Crippen molar-refractivity contribution in [2.45, 2.75) is 33.2 Å². The number of hydrogen-bond donors (Lipinski definition) is 1. The van der Waals surface area contributed by atoms with E-state index in [1.807, 2.05) is 61.5 Å². The predicted octanol–water partition coefficient (Wildman–Crippen LogP) is 5.10. The number of Topliss-reactive ketones (excluding diaryl/α,β-unsaturated/α-hetero) is 1. The summed E-state index contributed by atoms with van der Waals surface area (Å²) in [5, 5.41) is 15.9. The molecule has 3 aromatic rings. The molecular formula is C28H31BrN4O3. The monoisotopic (exact) mass is 550 g/mol. The van der Waals surface area contributed by atoms with Crippen molar-refractivity contribution in [1.82, 2.24) is 19.6 Å². The van der Waals surface area contributed by atoms with Crippen LogP contribution in [0.15, 0.2) is 70.8 Å². The fourth-order valence-corrected chi connectivity index (χ4v) is 5.17. The highest BCUT2D eigenvalue weighted by Crippen LogP contribution is 2.40. The average molecular weight is 551 g/mol. The molecule has 0 spiro atoms. The van der Waals surface area contributed by atoms with Crippen molar-refractivity contribution in [3.05, 3.63) is 87.7 Å². The second kappa shape index (κ2) is 11.2. The van der Waals surface area contributed by atoms with Gasteiger partial charge in [-0.25, -0.2) is 4.68 Å². The van der Waals surface area contributed by atoms with E-state index in [0.29, 0.717) is 17.8 Å². The van der Waals surface area contributed by atoms with E-state index in [1.165, 1.54) is 0 Å². The first-order chi connectivity index (χ1) is 17.4. The van der Waals surface area contributed by atoms with Crippen LogP contribution in [0.5, 0.6) is 0 Å². The van der Waals surface area contributed by atoms with Gasteiger partial charge in [0.15, 0.2) is 0 Å². The molecule has 8 heteroatoms. The highest BCUT2D eigenvalue weighted by molar-refractivity contribution is 9.10. The molecule has 0 radical (unpaired) electrons. The minimum atomic E-state index is -0.682. The van der Waals surface area contributed by atoms with E-state index >= 15 is 0 Å². The first-order valence-corrected chi connectivity index (χ1v) is 13.0. The number of amides is 1. The van der Waals surface area contributed by atoms with Gasteiger partial charge in [0.05, 0.1) is 34.8 Å². The van der Waals surface area contributed by atoms with Crippen LogP contribution in [0, 0.1) is 6.92 Å². The molecule has 0 saturated carbocycles. The SMILES string of the molecule is CCN(CC)CCCN1C(=O)C(=O)C(=C(O)c2cnn(-c3ccccc3)c2C)C1c1cccc(Br)c1. The molecule has 1 aromatic heterocycles. The molecule has 1 N–H and O–H groups in total. The Morgan fingerprint density at radius 1 is 1.08 bits per heavy atom. The maximum Gasteiger partial charge on any atom is 0.295 e. The van der Waals surface area contributed by atoms with Gasteiger partial charge < -0.3 is 14.9 Å². The quantitative estimate of drug-likeness (QED) is 0.228. The van der Waals surface area contributed by atoms with Crippen molar-refractivity contribution < 1.29 is 14.7 Å². The zero-order valence-corrected chi connectivity index (χ0v) is 22.4. The fraction of sp³-hybridized carbons (Fsp3) is 0.321. The number of carbonyl (C=O) groups excluding carboxylic acids is 2. The van der Waals surface area contributed by atoms with Gasteiger partial charge in [0.25, 0.3) is 11.7 Å². The minimum absolute atomic E-state index is 0.0941. The number of likely N-dealkylation sites (tertiary alicyclic amines) is 1. The topological polar surface area (TPSA) is 78.7 Å². The van der Waals surface area contributed by atoms with Crippen molar-refractivity contribution in [2.24, 2.45) is 0 Å². The number of hydrogen-bond acceptors (Lipinski definition) is 5. The van der Waals surface area contributed by atoms with Gasteiger partial charge in [-0.05, 0) is 62.8 Å². The Bertz CT molecular complexity index is 1280. The normalized spacial score (nSPS) is 17.4. The Balaban J connectivity index is 1.77. The molecule has 1 aliphatic heterocycles. The van der Waals surface area contributed by atoms with Crippen LogP contribution in [0.25, 0.3) is 11.4 Å². The fourth-order valence-electron chi connectivity index (χ4n) is 4.76. The molecule has 36 heavy (non-hydrogen) atoms. The largest absolute Gasteiger partial charge is 0.507 e. The lowest BCUT2D eigenvalue weighted by Crippen LogP contribution is -2.33. The summed E-state index contributed by atoms with van der Waals surface area (Å²) in [6.45, 7) is 9.14. The van der Waals surface area contributed by atoms with Crippen LogP contribution in [-0.4, -0.2) is 62.6 Å². The van der Waals surface area contributed by atoms with E-state index in [-0.39, 0.29) is 11.3 Å². The van der Waals surface area contributed by atoms with Crippen LogP contribution >= 0.6 is 15.9 Å². The van der Waals surface area contributed by atoms with Crippen molar-refractivity contribution in [1.29, 1.82) is 0 Å². The minimum Gasteiger partial charge on any atom is -0.507 e. The summed E-state index contributed by atoms with van der Waals surface area (Å²) >= 11 is 3.51. The van der Waals surface area contributed by atoms with Crippen molar-refractivity contribution >= 4 is 33.4 Å². The third kappa shape index (κ3) is 5.01. The third-order valence-corrected chi connectivity index (χ3v) is 7.23. The van der Waals surface area contributed by atoms with E-state index in [9.17, 15) is 14.7 Å². The molecule has 2 aromatic carbocycles. The standard InChI is InChI=1S/C28H31BrN4O3/c1-4-31(5-2)15-10-16-32-25(20-11-9-12-21(29)17-20)24(27(35)28(32)36)26(34)23-18-30-33(19(23)3)22-13-7-6-8-14-22/h6-9,11-14,17-18,25,34H,4-5,10,15-16H2,1-3H3. The Kier molecular flexibility index (Phi) is 8.06. The van der Waals surface area contributed by atoms with E-state index in [4.69, 9.17) is 0 Å². The molecule has 0 aliphatic carbocycles. The van der Waals surface area contributed by atoms with Gasteiger partial charge in [0, 0.05) is 11.0 Å². The highest BCUT2D eigenvalue weighted by atomic mass is 79.9. The summed E-state index contributed by atoms with van der Waals surface area (Å²) in [7, 11) is 0. The van der Waals surface area contributed by atoms with Gasteiger partial charge in [0.1, 0.15) is 5.76 Å². The van der Waals surface area contributed by atoms with Crippen molar-refractivity contribution in [3.8, 4) is 5.69 Å². The molecule has 1 unspecified atom stereocenters. The van der Waals surface area contributed by atoms with Gasteiger partial charge in [-0.15, -0.1) is 0 Å². The number of aliphatic hydroxyl groups is 1. The summed E-state index contributed by atoms with van der Waals surface area (Å²) in [5.41, 5.74) is 2.81. The zero-order chi connectivity index (χ0) is 25.8. The number of nitrogens with zero attached hydrogens (tertiary/aromatic N) is 4. The van der Waals surface area contributed by atoms with E-state index in [2.05, 4.69) is 39.8 Å². The Hall–Kier alpha value is -3.23. The van der Waals surface area contributed by atoms with E-state index in [1.54, 1.807) is 15.8 Å². The number of halogens is 1. The van der Waals surface area contributed by atoms with Crippen LogP contribution in [0.1, 0.15) is 43.1 Å². The smallest absolute Gasteiger partial charge is 0.295 e. The van der Waals surface area contributed by atoms with E-state index < -0.39 is 17.7 Å². The summed E-state index contributed by atoms with van der Waals surface area (Å²) in [6, 6.07) is 16.4. The third-order valence-electron chi connectivity index (χ3n) is 6.74. The zero-order valence-electron chi connectivity index (χ0n) is 20.8. The Morgan fingerprint density at radius 2 is 1.81 bits per heavy atom. The number of ketones is 1. The summed E-state index contributed by atoms with van der Waals surface area (Å²) < 4.78 is 2.55. The summed E-state index contributed by atoms with van der Waals surface area (Å²) in [6.07, 6.45) is 2.27. The molecule has 2 heterocycles. The van der Waals surface area contributed by atoms with Crippen LogP contribution in [0.3, 0.4) is 0 Å². The van der Waals surface area contributed by atoms with E-state index in [0.717, 1.165) is 41.8 Å². The van der Waals surface area contributed by atoms with Crippen LogP contribution in [0.4, 0.5) is 0 Å². The Labute approximate surface area is 220 Å². The molecule has 0 bridgehead atoms. The summed E-state index contributed by atoms with van der Waals surface area (Å²) in [5.74, 6) is -1.47. The van der Waals surface area contributed by atoms with Gasteiger partial charge in [-0.3, -0.25) is 9.59 Å². The summed E-state index contributed by atoms with van der Waals surface area (Å²) in [4.78, 5) is 30.4. The van der Waals surface area contributed by atoms with Crippen LogP contribution < -0.4 is 0 Å². The predicted molar refractivity (Wildman–Crippen MR) is 144 cm³/mol. The van der Waals surface area contributed by atoms with Crippen LogP contribution in [-0.2, 0) is 9.59 Å². The molecule has 188 valence electrons. The lowest BCUT2D eigenvalue weighted by atomic mass is 9.95. The number of para-hydroxylation sites is 1. The molecule has 1 saturated heterocycles. The molecule has 1 amide bonds. The molecule has 1 atom stereocenters. The number of benzene rings is 2. The first-order valence-electron chi connectivity index (χ1n) is 12.2. The van der Waals surface area contributed by atoms with Crippen LogP contribution in [0.2, 0.25) is 0 Å². The van der Waals surface area contributed by atoms with Gasteiger partial charge in [0.2, 0.25) is 0 Å². The number of aliphatic hydroxyl groups excluding tert-OH is 1. The van der Waals surface area contributed by atoms with Crippen molar-refractivity contribution in [2.75, 3.05) is 26.2 Å². The van der Waals surface area contributed by atoms with Gasteiger partial charge in [-0.2, -0.15) is 5.10 Å². The second-order valence-corrected chi connectivity index (χ2v) is 9.73.